The first-order valence-electron chi connectivity index (χ1n) is 4.70. The molecule has 88 valence electrons. The van der Waals surface area contributed by atoms with Gasteiger partial charge in [-0.25, -0.2) is 4.39 Å². The molecule has 0 aliphatic heterocycles. The monoisotopic (exact) mass is 246 g/mol. The summed E-state index contributed by atoms with van der Waals surface area (Å²) in [5, 5.41) is 19.1. The molecule has 0 bridgehead atoms. The predicted octanol–water partition coefficient (Wildman–Crippen LogP) is 1.66. The third kappa shape index (κ3) is 2.78. The van der Waals surface area contributed by atoms with Crippen LogP contribution in [0.1, 0.15) is 28.9 Å². The number of benzene rings is 1. The summed E-state index contributed by atoms with van der Waals surface area (Å²) in [5.41, 5.74) is 0.235. The fourth-order valence-corrected chi connectivity index (χ4v) is 1.55. The highest BCUT2D eigenvalue weighted by Crippen LogP contribution is 2.23. The Labute approximate surface area is 97.5 Å². The molecule has 3 nitrogen and oxygen atoms in total. The molecule has 0 saturated carbocycles. The first kappa shape index (κ1) is 13.1. The summed E-state index contributed by atoms with van der Waals surface area (Å²) < 4.78 is 12.9. The Balaban J connectivity index is 3.17. The number of aliphatic hydroxyl groups is 2. The maximum Gasteiger partial charge on any atom is 0.160 e. The van der Waals surface area contributed by atoms with Gasteiger partial charge in [-0.2, -0.15) is 0 Å². The molecule has 0 saturated heterocycles. The Morgan fingerprint density at radius 3 is 2.62 bits per heavy atom. The topological polar surface area (TPSA) is 57.5 Å². The van der Waals surface area contributed by atoms with Crippen LogP contribution in [0.4, 0.5) is 4.39 Å². The Morgan fingerprint density at radius 1 is 1.50 bits per heavy atom. The number of hydrogen-bond donors (Lipinski definition) is 2. The van der Waals surface area contributed by atoms with Crippen molar-refractivity contribution < 1.29 is 19.4 Å². The minimum atomic E-state index is -1.29. The van der Waals surface area contributed by atoms with Crippen LogP contribution in [-0.2, 0) is 0 Å². The molecule has 1 aromatic rings. The molecule has 0 fully saturated rings. The van der Waals surface area contributed by atoms with Crippen LogP contribution in [0, 0.1) is 5.82 Å². The average molecular weight is 247 g/mol. The lowest BCUT2D eigenvalue weighted by molar-refractivity contribution is 0.0321. The molecule has 0 heterocycles. The van der Waals surface area contributed by atoms with Crippen LogP contribution in [0.15, 0.2) is 18.2 Å². The van der Waals surface area contributed by atoms with Crippen LogP contribution < -0.4 is 0 Å². The van der Waals surface area contributed by atoms with Crippen molar-refractivity contribution in [2.24, 2.45) is 0 Å². The summed E-state index contributed by atoms with van der Waals surface area (Å²) in [6.45, 7) is 1.26. The first-order chi connectivity index (χ1) is 7.47. The minimum Gasteiger partial charge on any atom is -0.389 e. The fraction of sp³-hybridized carbons (Fsp3) is 0.364. The van der Waals surface area contributed by atoms with E-state index >= 15 is 0 Å². The van der Waals surface area contributed by atoms with Gasteiger partial charge in [0.2, 0.25) is 0 Å². The Hall–Kier alpha value is -0.970. The van der Waals surface area contributed by atoms with Gasteiger partial charge in [0.25, 0.3) is 0 Å². The van der Waals surface area contributed by atoms with Crippen molar-refractivity contribution in [1.29, 1.82) is 0 Å². The van der Waals surface area contributed by atoms with Gasteiger partial charge in [0.15, 0.2) is 5.78 Å². The quantitative estimate of drug-likeness (QED) is 0.628. The average Bonchev–Trinajstić information content (AvgIpc) is 2.26. The maximum absolute atomic E-state index is 12.9. The molecule has 1 aromatic carbocycles. The number of hydrogen-bond acceptors (Lipinski definition) is 3. The number of carbonyl (C=O) groups excluding carboxylic acids is 1. The minimum absolute atomic E-state index is 0.0525. The molecule has 1 rings (SSSR count). The number of aliphatic hydroxyl groups excluding tert-OH is 2. The summed E-state index contributed by atoms with van der Waals surface area (Å²) in [5.74, 6) is -1.12. The van der Waals surface area contributed by atoms with Gasteiger partial charge in [0, 0.05) is 5.56 Å². The Kier molecular flexibility index (Phi) is 4.41. The predicted molar refractivity (Wildman–Crippen MR) is 58.1 cm³/mol. The largest absolute Gasteiger partial charge is 0.389 e. The second-order valence-electron chi connectivity index (χ2n) is 3.45. The van der Waals surface area contributed by atoms with Gasteiger partial charge >= 0.3 is 0 Å². The fourth-order valence-electron chi connectivity index (χ4n) is 1.38. The second kappa shape index (κ2) is 5.39. The first-order valence-corrected chi connectivity index (χ1v) is 5.23. The van der Waals surface area contributed by atoms with Crippen LogP contribution in [0.3, 0.4) is 0 Å². The van der Waals surface area contributed by atoms with E-state index in [1.54, 1.807) is 0 Å². The normalized spacial score (nSPS) is 14.6. The second-order valence-corrected chi connectivity index (χ2v) is 3.76. The number of rotatable bonds is 4. The third-order valence-corrected chi connectivity index (χ3v) is 2.55. The standard InChI is InChI=1S/C11H12ClFO3/c1-6(14)9-4-7(13)2-3-8(9)11(16)10(15)5-12/h2-4,10-11,15-16H,5H2,1H3. The zero-order chi connectivity index (χ0) is 12.3. The van der Waals surface area contributed by atoms with Crippen molar-refractivity contribution in [1.82, 2.24) is 0 Å². The molecule has 16 heavy (non-hydrogen) atoms. The number of halogens is 2. The Bertz CT molecular complexity index is 395. The van der Waals surface area contributed by atoms with Crippen LogP contribution in [0.5, 0.6) is 0 Å². The molecular formula is C11H12ClFO3. The number of alkyl halides is 1. The summed E-state index contributed by atoms with van der Waals surface area (Å²) in [4.78, 5) is 11.2. The maximum atomic E-state index is 12.9. The van der Waals surface area contributed by atoms with Crippen molar-refractivity contribution in [3.8, 4) is 0 Å². The smallest absolute Gasteiger partial charge is 0.160 e. The van der Waals surface area contributed by atoms with Gasteiger partial charge in [0.05, 0.1) is 12.0 Å². The van der Waals surface area contributed by atoms with Gasteiger partial charge in [-0.1, -0.05) is 6.07 Å². The summed E-state index contributed by atoms with van der Waals surface area (Å²) in [6.07, 6.45) is -2.48. The van der Waals surface area contributed by atoms with E-state index in [4.69, 9.17) is 11.6 Å². The van der Waals surface area contributed by atoms with Crippen LogP contribution in [-0.4, -0.2) is 28.0 Å². The van der Waals surface area contributed by atoms with Gasteiger partial charge in [-0.15, -0.1) is 11.6 Å². The molecule has 2 N–H and O–H groups in total. The molecule has 0 spiro atoms. The number of ketones is 1. The van der Waals surface area contributed by atoms with Gasteiger partial charge in [-0.3, -0.25) is 4.79 Å². The van der Waals surface area contributed by atoms with E-state index < -0.39 is 18.0 Å². The van der Waals surface area contributed by atoms with E-state index in [-0.39, 0.29) is 22.8 Å². The van der Waals surface area contributed by atoms with Crippen molar-refractivity contribution in [3.63, 3.8) is 0 Å². The van der Waals surface area contributed by atoms with Crippen LogP contribution in [0.25, 0.3) is 0 Å². The molecule has 5 heteroatoms. The van der Waals surface area contributed by atoms with Crippen molar-refractivity contribution in [3.05, 3.63) is 35.1 Å². The molecule has 0 amide bonds. The van der Waals surface area contributed by atoms with Crippen molar-refractivity contribution in [2.45, 2.75) is 19.1 Å². The SMILES string of the molecule is CC(=O)c1cc(F)ccc1C(O)C(O)CCl. The zero-order valence-corrected chi connectivity index (χ0v) is 9.41. The lowest BCUT2D eigenvalue weighted by Gasteiger charge is -2.18. The van der Waals surface area contributed by atoms with Crippen molar-refractivity contribution >= 4 is 17.4 Å². The van der Waals surface area contributed by atoms with E-state index in [0.717, 1.165) is 12.1 Å². The Morgan fingerprint density at radius 2 is 2.12 bits per heavy atom. The van der Waals surface area contributed by atoms with Gasteiger partial charge in [0.1, 0.15) is 11.9 Å². The molecular weight excluding hydrogens is 235 g/mol. The van der Waals surface area contributed by atoms with Gasteiger partial charge in [-0.05, 0) is 24.6 Å². The lowest BCUT2D eigenvalue weighted by atomic mass is 9.97. The molecule has 2 atom stereocenters. The van der Waals surface area contributed by atoms with E-state index in [0.29, 0.717) is 0 Å². The number of carbonyl (C=O) groups is 1. The highest BCUT2D eigenvalue weighted by Gasteiger charge is 2.22. The van der Waals surface area contributed by atoms with Crippen molar-refractivity contribution in [2.75, 3.05) is 5.88 Å². The summed E-state index contributed by atoms with van der Waals surface area (Å²) in [6, 6.07) is 3.42. The molecule has 0 aliphatic carbocycles. The highest BCUT2D eigenvalue weighted by molar-refractivity contribution is 6.18. The summed E-state index contributed by atoms with van der Waals surface area (Å²) in [7, 11) is 0. The zero-order valence-electron chi connectivity index (χ0n) is 8.65. The molecule has 0 aliphatic rings. The molecule has 0 aromatic heterocycles. The summed E-state index contributed by atoms with van der Waals surface area (Å²) >= 11 is 5.39. The third-order valence-electron chi connectivity index (χ3n) is 2.24. The van der Waals surface area contributed by atoms with Gasteiger partial charge < -0.3 is 10.2 Å². The van der Waals surface area contributed by atoms with Crippen LogP contribution >= 0.6 is 11.6 Å². The van der Waals surface area contributed by atoms with E-state index in [1.807, 2.05) is 0 Å². The lowest BCUT2D eigenvalue weighted by Crippen LogP contribution is -2.21. The van der Waals surface area contributed by atoms with E-state index in [1.165, 1.54) is 13.0 Å². The molecule has 0 radical (unpaired) electrons. The number of Topliss-reactive ketones (excluding diaryl/α,β-unsaturated/α-hetero) is 1. The highest BCUT2D eigenvalue weighted by atomic mass is 35.5. The van der Waals surface area contributed by atoms with E-state index in [9.17, 15) is 19.4 Å². The molecule has 2 unspecified atom stereocenters. The van der Waals surface area contributed by atoms with E-state index in [2.05, 4.69) is 0 Å². The van der Waals surface area contributed by atoms with Crippen LogP contribution in [0.2, 0.25) is 0 Å².